The van der Waals surface area contributed by atoms with Gasteiger partial charge in [-0.15, -0.1) is 10.1 Å². The normalized spacial score (nSPS) is 11.4. The molecule has 10 nitrogen and oxygen atoms in total. The van der Waals surface area contributed by atoms with E-state index in [4.69, 9.17) is 17.0 Å². The second-order valence-corrected chi connectivity index (χ2v) is 10.1. The van der Waals surface area contributed by atoms with Gasteiger partial charge >= 0.3 is 5.97 Å². The van der Waals surface area contributed by atoms with Gasteiger partial charge in [0.2, 0.25) is 0 Å². The summed E-state index contributed by atoms with van der Waals surface area (Å²) < 4.78 is 5.93. The van der Waals surface area contributed by atoms with Gasteiger partial charge in [0, 0.05) is 23.3 Å². The Hall–Kier alpha value is -3.55. The van der Waals surface area contributed by atoms with Crippen molar-refractivity contribution in [1.29, 1.82) is 0 Å². The first kappa shape index (κ1) is 26.1. The van der Waals surface area contributed by atoms with Gasteiger partial charge in [-0.2, -0.15) is 0 Å². The SMILES string of the molecule is O=C(NC(Cc1ccc(O)c(O)c1)C(=O)OCCCO[N+](=O)[O-])c1ccc(-c2cc(=S)ss2)cc1. The van der Waals surface area contributed by atoms with Crippen molar-refractivity contribution in [2.45, 2.75) is 18.9 Å². The summed E-state index contributed by atoms with van der Waals surface area (Å²) in [5.74, 6) is -1.97. The highest BCUT2D eigenvalue weighted by Crippen LogP contribution is 2.29. The van der Waals surface area contributed by atoms with Gasteiger partial charge in [0.15, 0.2) is 11.5 Å². The first-order valence-corrected chi connectivity index (χ1v) is 12.7. The molecule has 0 radical (unpaired) electrons. The molecule has 184 valence electrons. The quantitative estimate of drug-likeness (QED) is 0.0626. The van der Waals surface area contributed by atoms with Crippen LogP contribution in [0.2, 0.25) is 0 Å². The number of nitrogens with one attached hydrogen (secondary N) is 1. The molecule has 13 heteroatoms. The summed E-state index contributed by atoms with van der Waals surface area (Å²) in [5, 5.41) is 31.2. The monoisotopic (exact) mass is 536 g/mol. The lowest BCUT2D eigenvalue weighted by Gasteiger charge is -2.18. The number of ether oxygens (including phenoxy) is 1. The first-order chi connectivity index (χ1) is 16.7. The number of rotatable bonds is 11. The zero-order valence-corrected chi connectivity index (χ0v) is 20.5. The standard InChI is InChI=1S/C22H20N2O8S3/c25-17-7-2-13(11-18(17)26)10-16(22(28)31-8-1-9-32-24(29)30)23-21(27)15-5-3-14(4-6-15)19-12-20(33)35-34-19/h2-7,11-12,16,25-26H,1,8-10H2,(H,23,27). The summed E-state index contributed by atoms with van der Waals surface area (Å²) >= 11 is 5.15. The van der Waals surface area contributed by atoms with Crippen molar-refractivity contribution in [3.05, 3.63) is 73.6 Å². The van der Waals surface area contributed by atoms with Crippen molar-refractivity contribution in [2.24, 2.45) is 0 Å². The van der Waals surface area contributed by atoms with Gasteiger partial charge in [0.05, 0.1) is 13.2 Å². The van der Waals surface area contributed by atoms with Crippen LogP contribution in [0.3, 0.4) is 0 Å². The third kappa shape index (κ3) is 7.73. The van der Waals surface area contributed by atoms with Crippen molar-refractivity contribution in [2.75, 3.05) is 13.2 Å². The highest BCUT2D eigenvalue weighted by Gasteiger charge is 2.24. The molecule has 1 amide bonds. The average molecular weight is 537 g/mol. The number of phenols is 2. The second-order valence-electron chi connectivity index (χ2n) is 7.20. The minimum Gasteiger partial charge on any atom is -0.504 e. The van der Waals surface area contributed by atoms with Crippen LogP contribution < -0.4 is 5.32 Å². The van der Waals surface area contributed by atoms with Gasteiger partial charge in [-0.1, -0.05) is 51.1 Å². The number of aromatic hydroxyl groups is 2. The van der Waals surface area contributed by atoms with Crippen molar-refractivity contribution >= 4 is 44.8 Å². The lowest BCUT2D eigenvalue weighted by atomic mass is 10.0. The van der Waals surface area contributed by atoms with Gasteiger partial charge in [-0.3, -0.25) is 4.79 Å². The first-order valence-electron chi connectivity index (χ1n) is 10.2. The van der Waals surface area contributed by atoms with E-state index in [2.05, 4.69) is 10.2 Å². The van der Waals surface area contributed by atoms with E-state index in [1.165, 1.54) is 38.9 Å². The maximum Gasteiger partial charge on any atom is 0.328 e. The van der Waals surface area contributed by atoms with Crippen molar-refractivity contribution < 1.29 is 34.5 Å². The average Bonchev–Trinajstić information content (AvgIpc) is 3.26. The van der Waals surface area contributed by atoms with Crippen molar-refractivity contribution in [3.63, 3.8) is 0 Å². The molecule has 0 aliphatic rings. The number of carbonyl (C=O) groups excluding carboxylic acids is 2. The number of amides is 1. The lowest BCUT2D eigenvalue weighted by molar-refractivity contribution is -0.757. The predicted molar refractivity (Wildman–Crippen MR) is 132 cm³/mol. The Morgan fingerprint density at radius 1 is 1.06 bits per heavy atom. The molecule has 1 unspecified atom stereocenters. The molecule has 3 aromatic rings. The smallest absolute Gasteiger partial charge is 0.328 e. The van der Waals surface area contributed by atoms with E-state index < -0.39 is 23.0 Å². The Balaban J connectivity index is 1.69. The summed E-state index contributed by atoms with van der Waals surface area (Å²) in [7, 11) is 3.02. The maximum atomic E-state index is 12.9. The van der Waals surface area contributed by atoms with Crippen LogP contribution >= 0.6 is 32.9 Å². The van der Waals surface area contributed by atoms with E-state index in [-0.39, 0.29) is 37.6 Å². The van der Waals surface area contributed by atoms with Crippen LogP contribution in [0, 0.1) is 13.9 Å². The number of benzene rings is 2. The van der Waals surface area contributed by atoms with E-state index in [0.717, 1.165) is 14.3 Å². The molecular weight excluding hydrogens is 516 g/mol. The van der Waals surface area contributed by atoms with E-state index in [0.29, 0.717) is 11.1 Å². The minimum absolute atomic E-state index is 0.0277. The molecule has 1 aromatic heterocycles. The molecule has 0 bridgehead atoms. The molecule has 2 aromatic carbocycles. The Morgan fingerprint density at radius 3 is 2.43 bits per heavy atom. The molecular formula is C22H20N2O8S3. The van der Waals surface area contributed by atoms with Crippen LogP contribution in [0.25, 0.3) is 10.4 Å². The molecule has 1 heterocycles. The number of hydrogen-bond donors (Lipinski definition) is 3. The van der Waals surface area contributed by atoms with Crippen LogP contribution in [0.5, 0.6) is 11.5 Å². The Kier molecular flexibility index (Phi) is 9.11. The number of nitrogens with zero attached hydrogens (tertiary/aromatic N) is 1. The summed E-state index contributed by atoms with van der Waals surface area (Å²) in [6.45, 7) is -0.394. The fourth-order valence-corrected chi connectivity index (χ4v) is 5.40. The van der Waals surface area contributed by atoms with Crippen molar-refractivity contribution in [1.82, 2.24) is 5.32 Å². The third-order valence-corrected chi connectivity index (χ3v) is 7.60. The van der Waals surface area contributed by atoms with E-state index in [9.17, 15) is 29.9 Å². The zero-order chi connectivity index (χ0) is 25.4. The summed E-state index contributed by atoms with van der Waals surface area (Å²) in [5.41, 5.74) is 1.69. The molecule has 0 saturated carbocycles. The second kappa shape index (κ2) is 12.2. The molecule has 0 aliphatic carbocycles. The van der Waals surface area contributed by atoms with Gasteiger partial charge in [-0.25, -0.2) is 4.79 Å². The largest absolute Gasteiger partial charge is 0.504 e. The van der Waals surface area contributed by atoms with Crippen molar-refractivity contribution in [3.8, 4) is 21.9 Å². The number of esters is 1. The molecule has 0 aliphatic heterocycles. The zero-order valence-electron chi connectivity index (χ0n) is 18.0. The maximum absolute atomic E-state index is 12.9. The Morgan fingerprint density at radius 2 is 1.80 bits per heavy atom. The van der Waals surface area contributed by atoms with E-state index in [1.54, 1.807) is 24.3 Å². The molecule has 1 atom stereocenters. The number of carbonyl (C=O) groups is 2. The fraction of sp³-hybridized carbons (Fsp3) is 0.227. The highest BCUT2D eigenvalue weighted by atomic mass is 32.9. The van der Waals surface area contributed by atoms with Crippen LogP contribution in [0.4, 0.5) is 0 Å². The highest BCUT2D eigenvalue weighted by molar-refractivity contribution is 7.80. The molecule has 0 fully saturated rings. The van der Waals surface area contributed by atoms with Crippen LogP contribution in [0.15, 0.2) is 48.5 Å². The number of hydrogen-bond acceptors (Lipinski definition) is 11. The van der Waals surface area contributed by atoms with E-state index in [1.807, 2.05) is 6.07 Å². The third-order valence-electron chi connectivity index (χ3n) is 4.69. The Labute approximate surface area is 211 Å². The Bertz CT molecular complexity index is 1260. The molecule has 0 saturated heterocycles. The van der Waals surface area contributed by atoms with Gasteiger partial charge in [0.1, 0.15) is 9.87 Å². The topological polar surface area (TPSA) is 148 Å². The van der Waals surface area contributed by atoms with Gasteiger partial charge in [0.25, 0.3) is 11.0 Å². The fourth-order valence-electron chi connectivity index (χ4n) is 3.00. The van der Waals surface area contributed by atoms with Crippen LogP contribution in [-0.4, -0.2) is 46.4 Å². The summed E-state index contributed by atoms with van der Waals surface area (Å²) in [6.07, 6.45) is 0.0600. The lowest BCUT2D eigenvalue weighted by Crippen LogP contribution is -2.43. The molecule has 35 heavy (non-hydrogen) atoms. The molecule has 3 rings (SSSR count). The van der Waals surface area contributed by atoms with Gasteiger partial charge < -0.3 is 25.1 Å². The van der Waals surface area contributed by atoms with Crippen LogP contribution in [0.1, 0.15) is 22.3 Å². The van der Waals surface area contributed by atoms with Gasteiger partial charge in [-0.05, 0) is 41.5 Å². The van der Waals surface area contributed by atoms with E-state index >= 15 is 0 Å². The van der Waals surface area contributed by atoms with Crippen LogP contribution in [-0.2, 0) is 20.8 Å². The molecule has 3 N–H and O–H groups in total. The molecule has 0 spiro atoms. The summed E-state index contributed by atoms with van der Waals surface area (Å²) in [4.78, 5) is 40.9. The minimum atomic E-state index is -1.12. The number of phenolic OH excluding ortho intramolecular Hbond substituents is 2. The summed E-state index contributed by atoms with van der Waals surface area (Å²) in [6, 6.07) is 11.6. The predicted octanol–water partition coefficient (Wildman–Crippen LogP) is 4.10.